The molecule has 3 aromatic rings. The average Bonchev–Trinajstić information content (AvgIpc) is 2.43. The molecule has 94 valence electrons. The summed E-state index contributed by atoms with van der Waals surface area (Å²) in [5.41, 5.74) is 2.74. The minimum Gasteiger partial charge on any atom is -0.288 e. The smallest absolute Gasteiger partial charge is 0.252 e. The van der Waals surface area contributed by atoms with E-state index in [1.165, 1.54) is 0 Å². The van der Waals surface area contributed by atoms with Crippen molar-refractivity contribution in [2.75, 3.05) is 0 Å². The molecule has 0 amide bonds. The van der Waals surface area contributed by atoms with E-state index in [1.54, 1.807) is 10.6 Å². The van der Waals surface area contributed by atoms with Gasteiger partial charge in [0.15, 0.2) is 0 Å². The Morgan fingerprint density at radius 3 is 2.53 bits per heavy atom. The molecule has 0 saturated heterocycles. The third-order valence-corrected chi connectivity index (χ3v) is 3.16. The first-order chi connectivity index (χ1) is 9.24. The highest BCUT2D eigenvalue weighted by molar-refractivity contribution is 5.75. The molecular formula is C16H14N2O. The zero-order valence-electron chi connectivity index (χ0n) is 10.7. The van der Waals surface area contributed by atoms with E-state index < -0.39 is 0 Å². The van der Waals surface area contributed by atoms with Crippen molar-refractivity contribution in [3.05, 3.63) is 76.2 Å². The van der Waals surface area contributed by atoms with Crippen LogP contribution in [0.25, 0.3) is 11.0 Å². The van der Waals surface area contributed by atoms with Crippen LogP contribution in [0.15, 0.2) is 59.4 Å². The van der Waals surface area contributed by atoms with E-state index in [9.17, 15) is 4.79 Å². The van der Waals surface area contributed by atoms with Crippen LogP contribution in [0.5, 0.6) is 0 Å². The van der Waals surface area contributed by atoms with Crippen LogP contribution in [0.2, 0.25) is 0 Å². The van der Waals surface area contributed by atoms with Gasteiger partial charge in [0.2, 0.25) is 0 Å². The van der Waals surface area contributed by atoms with Gasteiger partial charge in [0.25, 0.3) is 5.56 Å². The van der Waals surface area contributed by atoms with Gasteiger partial charge in [0.05, 0.1) is 6.54 Å². The lowest BCUT2D eigenvalue weighted by molar-refractivity contribution is 0.781. The third-order valence-electron chi connectivity index (χ3n) is 3.16. The van der Waals surface area contributed by atoms with E-state index in [-0.39, 0.29) is 5.56 Å². The maximum absolute atomic E-state index is 12.1. The Bertz CT molecular complexity index is 776. The van der Waals surface area contributed by atoms with E-state index in [0.717, 1.165) is 22.3 Å². The van der Waals surface area contributed by atoms with Crippen molar-refractivity contribution in [2.45, 2.75) is 13.5 Å². The summed E-state index contributed by atoms with van der Waals surface area (Å²) in [5.74, 6) is 0. The Hall–Kier alpha value is -2.42. The molecule has 0 atom stereocenters. The summed E-state index contributed by atoms with van der Waals surface area (Å²) < 4.78 is 1.72. The van der Waals surface area contributed by atoms with Gasteiger partial charge in [-0.2, -0.15) is 0 Å². The summed E-state index contributed by atoms with van der Waals surface area (Å²) in [6, 6.07) is 17.3. The van der Waals surface area contributed by atoms with Crippen LogP contribution in [0.1, 0.15) is 11.3 Å². The highest BCUT2D eigenvalue weighted by atomic mass is 16.1. The summed E-state index contributed by atoms with van der Waals surface area (Å²) in [6.07, 6.45) is 0. The Labute approximate surface area is 111 Å². The van der Waals surface area contributed by atoms with Crippen molar-refractivity contribution >= 4 is 11.0 Å². The van der Waals surface area contributed by atoms with Gasteiger partial charge in [0.1, 0.15) is 5.65 Å². The van der Waals surface area contributed by atoms with Crippen molar-refractivity contribution in [1.82, 2.24) is 9.55 Å². The van der Waals surface area contributed by atoms with E-state index in [1.807, 2.05) is 55.5 Å². The molecule has 0 spiro atoms. The third kappa shape index (κ3) is 2.27. The fourth-order valence-electron chi connectivity index (χ4n) is 2.17. The van der Waals surface area contributed by atoms with E-state index in [2.05, 4.69) is 4.98 Å². The summed E-state index contributed by atoms with van der Waals surface area (Å²) in [4.78, 5) is 16.6. The molecule has 0 saturated carbocycles. The van der Waals surface area contributed by atoms with Crippen molar-refractivity contribution in [3.63, 3.8) is 0 Å². The predicted octanol–water partition coefficient (Wildman–Crippen LogP) is 2.75. The Balaban J connectivity index is 2.19. The van der Waals surface area contributed by atoms with Crippen LogP contribution < -0.4 is 5.56 Å². The second kappa shape index (κ2) is 4.69. The maximum Gasteiger partial charge on any atom is 0.252 e. The zero-order valence-corrected chi connectivity index (χ0v) is 10.7. The first-order valence-electron chi connectivity index (χ1n) is 6.25. The molecule has 0 bridgehead atoms. The number of benzene rings is 1. The van der Waals surface area contributed by atoms with Crippen LogP contribution in [0.4, 0.5) is 0 Å². The number of hydrogen-bond acceptors (Lipinski definition) is 2. The van der Waals surface area contributed by atoms with Gasteiger partial charge in [-0.15, -0.1) is 0 Å². The van der Waals surface area contributed by atoms with E-state index in [4.69, 9.17) is 0 Å². The summed E-state index contributed by atoms with van der Waals surface area (Å²) >= 11 is 0. The molecule has 0 radical (unpaired) electrons. The molecule has 0 N–H and O–H groups in total. The van der Waals surface area contributed by atoms with Gasteiger partial charge in [0, 0.05) is 17.1 Å². The minimum absolute atomic E-state index is 0.0190. The standard InChI is InChI=1S/C16H14N2O/c1-12-7-8-14-9-10-15(19)18(16(14)17-12)11-13-5-3-2-4-6-13/h2-10H,11H2,1H3. The molecule has 0 aliphatic carbocycles. The highest BCUT2D eigenvalue weighted by Gasteiger charge is 2.05. The molecule has 3 heteroatoms. The monoisotopic (exact) mass is 250 g/mol. The summed E-state index contributed by atoms with van der Waals surface area (Å²) in [5, 5.41) is 0.987. The SMILES string of the molecule is Cc1ccc2ccc(=O)n(Cc3ccccc3)c2n1. The summed E-state index contributed by atoms with van der Waals surface area (Å²) in [7, 11) is 0. The largest absolute Gasteiger partial charge is 0.288 e. The van der Waals surface area contributed by atoms with Crippen molar-refractivity contribution in [1.29, 1.82) is 0 Å². The van der Waals surface area contributed by atoms with E-state index >= 15 is 0 Å². The first kappa shape index (κ1) is 11.7. The molecule has 19 heavy (non-hydrogen) atoms. The molecule has 0 unspecified atom stereocenters. The van der Waals surface area contributed by atoms with Crippen LogP contribution in [0, 0.1) is 6.92 Å². The van der Waals surface area contributed by atoms with Gasteiger partial charge >= 0.3 is 0 Å². The normalized spacial score (nSPS) is 10.8. The van der Waals surface area contributed by atoms with Gasteiger partial charge < -0.3 is 0 Å². The second-order valence-corrected chi connectivity index (χ2v) is 4.61. The minimum atomic E-state index is -0.0190. The number of nitrogens with zero attached hydrogens (tertiary/aromatic N) is 2. The number of pyridine rings is 2. The second-order valence-electron chi connectivity index (χ2n) is 4.61. The molecule has 0 fully saturated rings. The molecule has 3 nitrogen and oxygen atoms in total. The van der Waals surface area contributed by atoms with Gasteiger partial charge in [-0.05, 0) is 30.7 Å². The average molecular weight is 250 g/mol. The molecule has 1 aromatic carbocycles. The van der Waals surface area contributed by atoms with Crippen LogP contribution in [-0.4, -0.2) is 9.55 Å². The van der Waals surface area contributed by atoms with E-state index in [0.29, 0.717) is 6.54 Å². The van der Waals surface area contributed by atoms with Gasteiger partial charge in [-0.3, -0.25) is 9.36 Å². The lowest BCUT2D eigenvalue weighted by Gasteiger charge is -2.09. The first-order valence-corrected chi connectivity index (χ1v) is 6.25. The Morgan fingerprint density at radius 2 is 1.74 bits per heavy atom. The lowest BCUT2D eigenvalue weighted by atomic mass is 10.2. The fourth-order valence-corrected chi connectivity index (χ4v) is 2.17. The summed E-state index contributed by atoms with van der Waals surface area (Å²) in [6.45, 7) is 2.48. The Morgan fingerprint density at radius 1 is 1.00 bits per heavy atom. The molecule has 2 aromatic heterocycles. The highest BCUT2D eigenvalue weighted by Crippen LogP contribution is 2.12. The fraction of sp³-hybridized carbons (Fsp3) is 0.125. The quantitative estimate of drug-likeness (QED) is 0.701. The molecule has 2 heterocycles. The van der Waals surface area contributed by atoms with Gasteiger partial charge in [-0.1, -0.05) is 30.3 Å². The van der Waals surface area contributed by atoms with Crippen LogP contribution in [-0.2, 0) is 6.54 Å². The molecule has 0 aliphatic heterocycles. The number of rotatable bonds is 2. The predicted molar refractivity (Wildman–Crippen MR) is 76.3 cm³/mol. The number of aryl methyl sites for hydroxylation is 1. The topological polar surface area (TPSA) is 34.9 Å². The molecule has 0 aliphatic rings. The number of fused-ring (bicyclic) bond motifs is 1. The van der Waals surface area contributed by atoms with Gasteiger partial charge in [-0.25, -0.2) is 4.98 Å². The zero-order chi connectivity index (χ0) is 13.2. The number of hydrogen-bond donors (Lipinski definition) is 0. The van der Waals surface area contributed by atoms with Crippen LogP contribution >= 0.6 is 0 Å². The number of aromatic nitrogens is 2. The molecular weight excluding hydrogens is 236 g/mol. The molecule has 3 rings (SSSR count). The van der Waals surface area contributed by atoms with Crippen molar-refractivity contribution < 1.29 is 0 Å². The van der Waals surface area contributed by atoms with Crippen molar-refractivity contribution in [2.24, 2.45) is 0 Å². The Kier molecular flexibility index (Phi) is 2.88. The van der Waals surface area contributed by atoms with Crippen LogP contribution in [0.3, 0.4) is 0 Å². The maximum atomic E-state index is 12.1. The van der Waals surface area contributed by atoms with Crippen molar-refractivity contribution in [3.8, 4) is 0 Å². The lowest BCUT2D eigenvalue weighted by Crippen LogP contribution is -2.20.